The van der Waals surface area contributed by atoms with Gasteiger partial charge in [-0.2, -0.15) is 0 Å². The van der Waals surface area contributed by atoms with Crippen LogP contribution < -0.4 is 10.1 Å². The van der Waals surface area contributed by atoms with Gasteiger partial charge in [0.1, 0.15) is 5.75 Å². The number of hydrogen-bond donors (Lipinski definition) is 1. The lowest BCUT2D eigenvalue weighted by molar-refractivity contribution is -0.128. The summed E-state index contributed by atoms with van der Waals surface area (Å²) in [6.07, 6.45) is 0.141. The van der Waals surface area contributed by atoms with Gasteiger partial charge >= 0.3 is 0 Å². The van der Waals surface area contributed by atoms with Crippen LogP contribution in [0.3, 0.4) is 0 Å². The Kier molecular flexibility index (Phi) is 5.80. The van der Waals surface area contributed by atoms with Crippen molar-refractivity contribution >= 4 is 5.91 Å². The van der Waals surface area contributed by atoms with Crippen LogP contribution in [0.5, 0.6) is 5.75 Å². The van der Waals surface area contributed by atoms with Gasteiger partial charge in [0.25, 0.3) is 5.91 Å². The molecule has 1 N–H and O–H groups in total. The molecule has 2 atom stereocenters. The molecule has 0 bridgehead atoms. The normalized spacial score (nSPS) is 13.2. The molecule has 2 rings (SSSR count). The third kappa shape index (κ3) is 4.85. The molecule has 122 valence electrons. The van der Waals surface area contributed by atoms with E-state index >= 15 is 0 Å². The molecule has 0 radical (unpaired) electrons. The van der Waals surface area contributed by atoms with Crippen LogP contribution in [0, 0.1) is 13.8 Å². The summed E-state index contributed by atoms with van der Waals surface area (Å²) in [6, 6.07) is 15.9. The second-order valence-corrected chi connectivity index (χ2v) is 5.98. The van der Waals surface area contributed by atoms with E-state index in [1.54, 1.807) is 0 Å². The van der Waals surface area contributed by atoms with E-state index in [1.807, 2.05) is 70.2 Å². The Labute approximate surface area is 138 Å². The molecule has 0 aliphatic rings. The first-order valence-electron chi connectivity index (χ1n) is 8.10. The van der Waals surface area contributed by atoms with Gasteiger partial charge < -0.3 is 10.1 Å². The summed E-state index contributed by atoms with van der Waals surface area (Å²) >= 11 is 0. The minimum atomic E-state index is -0.484. The van der Waals surface area contributed by atoms with Crippen LogP contribution in [0.2, 0.25) is 0 Å². The van der Waals surface area contributed by atoms with Crippen molar-refractivity contribution in [2.45, 2.75) is 46.3 Å². The maximum atomic E-state index is 12.5. The largest absolute Gasteiger partial charge is 0.481 e. The molecule has 3 heteroatoms. The number of carbonyl (C=O) groups excluding carboxylic acids is 1. The molecular weight excluding hydrogens is 286 g/mol. The van der Waals surface area contributed by atoms with Gasteiger partial charge in [0, 0.05) is 0 Å². The molecule has 0 heterocycles. The van der Waals surface area contributed by atoms with Gasteiger partial charge in [-0.15, -0.1) is 0 Å². The summed E-state index contributed by atoms with van der Waals surface area (Å²) in [5.74, 6) is 0.667. The quantitative estimate of drug-likeness (QED) is 0.862. The van der Waals surface area contributed by atoms with E-state index in [-0.39, 0.29) is 11.9 Å². The maximum absolute atomic E-state index is 12.5. The molecule has 2 aromatic carbocycles. The Morgan fingerprint density at radius 1 is 1.09 bits per heavy atom. The highest BCUT2D eigenvalue weighted by molar-refractivity contribution is 5.81. The van der Waals surface area contributed by atoms with Crippen LogP contribution >= 0.6 is 0 Å². The molecule has 3 nitrogen and oxygen atoms in total. The zero-order chi connectivity index (χ0) is 16.8. The molecule has 0 fully saturated rings. The summed E-state index contributed by atoms with van der Waals surface area (Å²) in [5.41, 5.74) is 3.35. The van der Waals surface area contributed by atoms with E-state index in [2.05, 4.69) is 11.4 Å². The number of hydrogen-bond acceptors (Lipinski definition) is 2. The van der Waals surface area contributed by atoms with Gasteiger partial charge in [-0.25, -0.2) is 0 Å². The highest BCUT2D eigenvalue weighted by Crippen LogP contribution is 2.19. The van der Waals surface area contributed by atoms with Gasteiger partial charge in [0.05, 0.1) is 6.04 Å². The van der Waals surface area contributed by atoms with Gasteiger partial charge in [0.15, 0.2) is 6.10 Å². The van der Waals surface area contributed by atoms with Crippen LogP contribution in [0.4, 0.5) is 0 Å². The first-order chi connectivity index (χ1) is 11.0. The minimum absolute atomic E-state index is 0.0411. The molecule has 1 amide bonds. The van der Waals surface area contributed by atoms with Gasteiger partial charge in [0.2, 0.25) is 0 Å². The fraction of sp³-hybridized carbons (Fsp3) is 0.350. The molecule has 0 aliphatic heterocycles. The standard InChI is InChI=1S/C20H25NO2/c1-5-19(23-18-12-14(2)11-15(3)13-18)20(22)21-16(4)17-9-7-6-8-10-17/h6-13,16,19H,5H2,1-4H3,(H,21,22)/t16-,19-/m0/s1. The summed E-state index contributed by atoms with van der Waals surface area (Å²) < 4.78 is 5.91. The number of rotatable bonds is 6. The van der Waals surface area contributed by atoms with Crippen molar-refractivity contribution in [1.29, 1.82) is 0 Å². The Morgan fingerprint density at radius 2 is 1.70 bits per heavy atom. The molecule has 0 aromatic heterocycles. The third-order valence-electron chi connectivity index (χ3n) is 3.80. The monoisotopic (exact) mass is 311 g/mol. The predicted molar refractivity (Wildman–Crippen MR) is 93.6 cm³/mol. The molecule has 2 aromatic rings. The fourth-order valence-electron chi connectivity index (χ4n) is 2.62. The number of benzene rings is 2. The Hall–Kier alpha value is -2.29. The van der Waals surface area contributed by atoms with Crippen molar-refractivity contribution in [3.63, 3.8) is 0 Å². The average molecular weight is 311 g/mol. The summed E-state index contributed by atoms with van der Waals surface area (Å²) in [6.45, 7) is 7.99. The smallest absolute Gasteiger partial charge is 0.261 e. The zero-order valence-electron chi connectivity index (χ0n) is 14.3. The average Bonchev–Trinajstić information content (AvgIpc) is 2.52. The summed E-state index contributed by atoms with van der Waals surface area (Å²) in [7, 11) is 0. The lowest BCUT2D eigenvalue weighted by atomic mass is 10.1. The molecule has 23 heavy (non-hydrogen) atoms. The lowest BCUT2D eigenvalue weighted by Gasteiger charge is -2.21. The van der Waals surface area contributed by atoms with Gasteiger partial charge in [-0.05, 0) is 56.0 Å². The second-order valence-electron chi connectivity index (χ2n) is 5.98. The van der Waals surface area contributed by atoms with Gasteiger partial charge in [-0.1, -0.05) is 43.3 Å². The number of nitrogens with one attached hydrogen (secondary N) is 1. The van der Waals surface area contributed by atoms with Gasteiger partial charge in [-0.3, -0.25) is 4.79 Å². The van der Waals surface area contributed by atoms with E-state index < -0.39 is 6.10 Å². The maximum Gasteiger partial charge on any atom is 0.261 e. The lowest BCUT2D eigenvalue weighted by Crippen LogP contribution is -2.39. The highest BCUT2D eigenvalue weighted by Gasteiger charge is 2.20. The van der Waals surface area contributed by atoms with Crippen molar-refractivity contribution in [3.05, 3.63) is 65.2 Å². The predicted octanol–water partition coefficient (Wildman–Crippen LogP) is 4.34. The molecular formula is C20H25NO2. The molecule has 0 spiro atoms. The van der Waals surface area contributed by atoms with Crippen LogP contribution in [0.1, 0.15) is 43.0 Å². The Balaban J connectivity index is 2.03. The molecule has 0 unspecified atom stereocenters. The summed E-state index contributed by atoms with van der Waals surface area (Å²) in [4.78, 5) is 12.5. The van der Waals surface area contributed by atoms with Crippen molar-refractivity contribution in [3.8, 4) is 5.75 Å². The van der Waals surface area contributed by atoms with Crippen LogP contribution in [-0.2, 0) is 4.79 Å². The Morgan fingerprint density at radius 3 is 2.26 bits per heavy atom. The molecule has 0 saturated carbocycles. The van der Waals surface area contributed by atoms with E-state index in [0.717, 1.165) is 22.4 Å². The molecule has 0 aliphatic carbocycles. The zero-order valence-corrected chi connectivity index (χ0v) is 14.3. The van der Waals surface area contributed by atoms with Crippen LogP contribution in [-0.4, -0.2) is 12.0 Å². The third-order valence-corrected chi connectivity index (χ3v) is 3.80. The van der Waals surface area contributed by atoms with Crippen molar-refractivity contribution < 1.29 is 9.53 Å². The SMILES string of the molecule is CC[C@H](Oc1cc(C)cc(C)c1)C(=O)N[C@@H](C)c1ccccc1. The number of amides is 1. The molecule has 0 saturated heterocycles. The number of ether oxygens (including phenoxy) is 1. The second kappa shape index (κ2) is 7.82. The van der Waals surface area contributed by atoms with E-state index in [1.165, 1.54) is 0 Å². The highest BCUT2D eigenvalue weighted by atomic mass is 16.5. The van der Waals surface area contributed by atoms with Crippen LogP contribution in [0.25, 0.3) is 0 Å². The van der Waals surface area contributed by atoms with Crippen LogP contribution in [0.15, 0.2) is 48.5 Å². The Bertz CT molecular complexity index is 632. The first kappa shape index (κ1) is 17.1. The topological polar surface area (TPSA) is 38.3 Å². The summed E-state index contributed by atoms with van der Waals surface area (Å²) in [5, 5.41) is 3.03. The van der Waals surface area contributed by atoms with Crippen molar-refractivity contribution in [2.24, 2.45) is 0 Å². The fourth-order valence-corrected chi connectivity index (χ4v) is 2.62. The number of aryl methyl sites for hydroxylation is 2. The van der Waals surface area contributed by atoms with E-state index in [0.29, 0.717) is 6.42 Å². The number of carbonyl (C=O) groups is 1. The first-order valence-corrected chi connectivity index (χ1v) is 8.10. The minimum Gasteiger partial charge on any atom is -0.481 e. The van der Waals surface area contributed by atoms with E-state index in [9.17, 15) is 4.79 Å². The van der Waals surface area contributed by atoms with E-state index in [4.69, 9.17) is 4.74 Å². The van der Waals surface area contributed by atoms with Crippen molar-refractivity contribution in [1.82, 2.24) is 5.32 Å². The van der Waals surface area contributed by atoms with Crippen molar-refractivity contribution in [2.75, 3.05) is 0 Å².